The van der Waals surface area contributed by atoms with Gasteiger partial charge >= 0.3 is 0 Å². The summed E-state index contributed by atoms with van der Waals surface area (Å²) in [6.07, 6.45) is 14.2. The van der Waals surface area contributed by atoms with Crippen molar-refractivity contribution in [3.8, 4) is 0 Å². The molecule has 0 aromatic carbocycles. The van der Waals surface area contributed by atoms with Crippen molar-refractivity contribution in [2.75, 3.05) is 13.1 Å². The Morgan fingerprint density at radius 3 is 2.54 bits per heavy atom. The van der Waals surface area contributed by atoms with Crippen LogP contribution in [-0.2, 0) is 0 Å². The van der Waals surface area contributed by atoms with Crippen LogP contribution < -0.4 is 5.32 Å². The molecular weight excluding hydrogens is 158 g/mol. The third-order valence-electron chi connectivity index (χ3n) is 2.41. The van der Waals surface area contributed by atoms with E-state index < -0.39 is 0 Å². The zero-order valence-electron chi connectivity index (χ0n) is 8.63. The van der Waals surface area contributed by atoms with Crippen molar-refractivity contribution in [3.63, 3.8) is 0 Å². The quantitative estimate of drug-likeness (QED) is 0.593. The number of unbranched alkanes of at least 4 members (excludes halogenated alkanes) is 3. The third-order valence-corrected chi connectivity index (χ3v) is 2.41. The number of hydrogen-bond acceptors (Lipinski definition) is 1. The van der Waals surface area contributed by atoms with E-state index in [-0.39, 0.29) is 0 Å². The molecule has 0 heterocycles. The maximum atomic E-state index is 3.48. The van der Waals surface area contributed by atoms with Crippen LogP contribution in [0.3, 0.4) is 0 Å². The summed E-state index contributed by atoms with van der Waals surface area (Å²) in [4.78, 5) is 0. The van der Waals surface area contributed by atoms with Crippen LogP contribution in [0.2, 0.25) is 0 Å². The lowest BCUT2D eigenvalue weighted by Crippen LogP contribution is -2.21. The summed E-state index contributed by atoms with van der Waals surface area (Å²) in [5, 5.41) is 3.48. The summed E-state index contributed by atoms with van der Waals surface area (Å²) in [5.74, 6) is 0.645. The topological polar surface area (TPSA) is 12.0 Å². The summed E-state index contributed by atoms with van der Waals surface area (Å²) >= 11 is 0. The summed E-state index contributed by atoms with van der Waals surface area (Å²) in [7, 11) is 0. The fourth-order valence-electron chi connectivity index (χ4n) is 1.56. The SMILES string of the molecule is CCCCCCNCC1C=CC=C1. The van der Waals surface area contributed by atoms with Crippen LogP contribution in [0.4, 0.5) is 0 Å². The molecule has 0 fully saturated rings. The van der Waals surface area contributed by atoms with Gasteiger partial charge in [-0.05, 0) is 13.0 Å². The van der Waals surface area contributed by atoms with Crippen LogP contribution in [0, 0.1) is 5.92 Å². The van der Waals surface area contributed by atoms with E-state index in [1.54, 1.807) is 0 Å². The maximum absolute atomic E-state index is 3.48. The van der Waals surface area contributed by atoms with Gasteiger partial charge in [-0.2, -0.15) is 0 Å². The molecule has 0 unspecified atom stereocenters. The molecule has 1 N–H and O–H groups in total. The molecule has 1 rings (SSSR count). The lowest BCUT2D eigenvalue weighted by atomic mass is 10.1. The second-order valence-corrected chi connectivity index (χ2v) is 3.70. The maximum Gasteiger partial charge on any atom is 0.00779 e. The first-order valence-electron chi connectivity index (χ1n) is 5.49. The Hall–Kier alpha value is -0.560. The van der Waals surface area contributed by atoms with Gasteiger partial charge in [0.1, 0.15) is 0 Å². The lowest BCUT2D eigenvalue weighted by molar-refractivity contribution is 0.576. The normalized spacial score (nSPS) is 15.8. The Kier molecular flexibility index (Phi) is 5.59. The monoisotopic (exact) mass is 179 g/mol. The van der Waals surface area contributed by atoms with Gasteiger partial charge in [0, 0.05) is 12.5 Å². The number of allylic oxidation sites excluding steroid dienone is 2. The van der Waals surface area contributed by atoms with Gasteiger partial charge in [0.15, 0.2) is 0 Å². The number of nitrogens with one attached hydrogen (secondary N) is 1. The van der Waals surface area contributed by atoms with Gasteiger partial charge in [-0.1, -0.05) is 50.5 Å². The van der Waals surface area contributed by atoms with Gasteiger partial charge in [-0.15, -0.1) is 0 Å². The van der Waals surface area contributed by atoms with E-state index in [0.717, 1.165) is 6.54 Å². The van der Waals surface area contributed by atoms with Crippen LogP contribution in [0.1, 0.15) is 32.6 Å². The van der Waals surface area contributed by atoms with Crippen molar-refractivity contribution >= 4 is 0 Å². The second kappa shape index (κ2) is 6.90. The van der Waals surface area contributed by atoms with Gasteiger partial charge < -0.3 is 5.32 Å². The van der Waals surface area contributed by atoms with E-state index in [4.69, 9.17) is 0 Å². The van der Waals surface area contributed by atoms with Gasteiger partial charge in [-0.3, -0.25) is 0 Å². The van der Waals surface area contributed by atoms with E-state index in [1.165, 1.54) is 32.2 Å². The first-order chi connectivity index (χ1) is 6.43. The molecule has 1 aliphatic rings. The van der Waals surface area contributed by atoms with E-state index >= 15 is 0 Å². The fourth-order valence-corrected chi connectivity index (χ4v) is 1.56. The molecule has 1 heteroatoms. The van der Waals surface area contributed by atoms with Gasteiger partial charge in [0.25, 0.3) is 0 Å². The van der Waals surface area contributed by atoms with Crippen molar-refractivity contribution in [2.24, 2.45) is 5.92 Å². The molecule has 74 valence electrons. The Balaban J connectivity index is 1.84. The zero-order valence-corrected chi connectivity index (χ0v) is 8.63. The molecule has 0 aliphatic heterocycles. The molecule has 1 nitrogen and oxygen atoms in total. The number of hydrogen-bond donors (Lipinski definition) is 1. The molecule has 0 aromatic rings. The average Bonchev–Trinajstić information content (AvgIpc) is 2.63. The predicted octanol–water partition coefficient (Wildman–Crippen LogP) is 2.90. The van der Waals surface area contributed by atoms with Crippen LogP contribution in [-0.4, -0.2) is 13.1 Å². The van der Waals surface area contributed by atoms with Gasteiger partial charge in [-0.25, -0.2) is 0 Å². The molecule has 0 aromatic heterocycles. The summed E-state index contributed by atoms with van der Waals surface area (Å²) < 4.78 is 0. The lowest BCUT2D eigenvalue weighted by Gasteiger charge is -2.07. The van der Waals surface area contributed by atoms with Crippen molar-refractivity contribution < 1.29 is 0 Å². The molecule has 0 radical (unpaired) electrons. The minimum Gasteiger partial charge on any atom is -0.316 e. The molecule has 0 spiro atoms. The third kappa shape index (κ3) is 4.89. The first-order valence-corrected chi connectivity index (χ1v) is 5.49. The molecule has 13 heavy (non-hydrogen) atoms. The van der Waals surface area contributed by atoms with E-state index in [1.807, 2.05) is 0 Å². The van der Waals surface area contributed by atoms with Crippen LogP contribution in [0.5, 0.6) is 0 Å². The van der Waals surface area contributed by atoms with Crippen molar-refractivity contribution in [2.45, 2.75) is 32.6 Å². The highest BCUT2D eigenvalue weighted by atomic mass is 14.8. The molecule has 0 atom stereocenters. The van der Waals surface area contributed by atoms with Gasteiger partial charge in [0.05, 0.1) is 0 Å². The van der Waals surface area contributed by atoms with Crippen molar-refractivity contribution in [1.29, 1.82) is 0 Å². The highest BCUT2D eigenvalue weighted by molar-refractivity contribution is 5.17. The standard InChI is InChI=1S/C12H21N/c1-2-3-4-7-10-13-11-12-8-5-6-9-12/h5-6,8-9,12-13H,2-4,7,10-11H2,1H3. The van der Waals surface area contributed by atoms with E-state index in [0.29, 0.717) is 5.92 Å². The molecular formula is C12H21N. The largest absolute Gasteiger partial charge is 0.316 e. The summed E-state index contributed by atoms with van der Waals surface area (Å²) in [6.45, 7) is 4.54. The minimum absolute atomic E-state index is 0.645. The fraction of sp³-hybridized carbons (Fsp3) is 0.667. The Bertz CT molecular complexity index is 158. The average molecular weight is 179 g/mol. The second-order valence-electron chi connectivity index (χ2n) is 3.70. The Morgan fingerprint density at radius 1 is 1.08 bits per heavy atom. The highest BCUT2D eigenvalue weighted by Gasteiger charge is 2.01. The molecule has 0 saturated heterocycles. The smallest absolute Gasteiger partial charge is 0.00779 e. The van der Waals surface area contributed by atoms with Crippen molar-refractivity contribution in [1.82, 2.24) is 5.32 Å². The molecule has 0 saturated carbocycles. The number of rotatable bonds is 7. The molecule has 1 aliphatic carbocycles. The minimum atomic E-state index is 0.645. The van der Waals surface area contributed by atoms with Crippen molar-refractivity contribution in [3.05, 3.63) is 24.3 Å². The highest BCUT2D eigenvalue weighted by Crippen LogP contribution is 2.06. The van der Waals surface area contributed by atoms with Crippen LogP contribution in [0.25, 0.3) is 0 Å². The van der Waals surface area contributed by atoms with E-state index in [2.05, 4.69) is 36.5 Å². The summed E-state index contributed by atoms with van der Waals surface area (Å²) in [6, 6.07) is 0. The predicted molar refractivity (Wildman–Crippen MR) is 58.8 cm³/mol. The molecule has 0 bridgehead atoms. The van der Waals surface area contributed by atoms with Crippen LogP contribution >= 0.6 is 0 Å². The van der Waals surface area contributed by atoms with Gasteiger partial charge in [0.2, 0.25) is 0 Å². The Morgan fingerprint density at radius 2 is 1.85 bits per heavy atom. The first kappa shape index (κ1) is 10.5. The Labute approximate surface area is 81.9 Å². The van der Waals surface area contributed by atoms with Crippen LogP contribution in [0.15, 0.2) is 24.3 Å². The summed E-state index contributed by atoms with van der Waals surface area (Å²) in [5.41, 5.74) is 0. The molecule has 0 amide bonds. The van der Waals surface area contributed by atoms with E-state index in [9.17, 15) is 0 Å². The zero-order chi connectivity index (χ0) is 9.36.